The van der Waals surface area contributed by atoms with E-state index >= 15 is 0 Å². The summed E-state index contributed by atoms with van der Waals surface area (Å²) in [6.45, 7) is 7.75. The Labute approximate surface area is 119 Å². The first-order valence-corrected chi connectivity index (χ1v) is 6.98. The van der Waals surface area contributed by atoms with Gasteiger partial charge in [-0.3, -0.25) is 0 Å². The molecule has 0 saturated heterocycles. The minimum absolute atomic E-state index is 0.0543. The second kappa shape index (κ2) is 7.08. The Morgan fingerprint density at radius 2 is 1.90 bits per heavy atom. The Kier molecular flexibility index (Phi) is 5.74. The maximum atomic E-state index is 12.2. The summed E-state index contributed by atoms with van der Waals surface area (Å²) in [4.78, 5) is 23.6. The van der Waals surface area contributed by atoms with E-state index in [1.165, 1.54) is 6.07 Å². The van der Waals surface area contributed by atoms with E-state index in [1.54, 1.807) is 12.1 Å². The second-order valence-electron chi connectivity index (χ2n) is 5.09. The lowest BCUT2D eigenvalue weighted by Gasteiger charge is -2.20. The van der Waals surface area contributed by atoms with Crippen LogP contribution in [0.2, 0.25) is 0 Å². The first-order chi connectivity index (χ1) is 9.42. The molecule has 4 heteroatoms. The number of hydrogen-bond donors (Lipinski definition) is 1. The molecule has 0 amide bonds. The van der Waals surface area contributed by atoms with E-state index in [1.807, 2.05) is 27.7 Å². The van der Waals surface area contributed by atoms with E-state index in [4.69, 9.17) is 4.74 Å². The summed E-state index contributed by atoms with van der Waals surface area (Å²) < 4.78 is 5.44. The van der Waals surface area contributed by atoms with Crippen LogP contribution < -0.4 is 0 Å². The summed E-state index contributed by atoms with van der Waals surface area (Å²) in [6.07, 6.45) is 1.07. The van der Waals surface area contributed by atoms with Crippen molar-refractivity contribution in [1.82, 2.24) is 0 Å². The fourth-order valence-corrected chi connectivity index (χ4v) is 2.21. The largest absolute Gasteiger partial charge is 0.478 e. The van der Waals surface area contributed by atoms with E-state index in [2.05, 4.69) is 0 Å². The Bertz CT molecular complexity index is 491. The molecule has 0 fully saturated rings. The van der Waals surface area contributed by atoms with Crippen LogP contribution in [0.3, 0.4) is 0 Å². The smallest absolute Gasteiger partial charge is 0.339 e. The van der Waals surface area contributed by atoms with Crippen LogP contribution in [0.15, 0.2) is 18.2 Å². The lowest BCUT2D eigenvalue weighted by atomic mass is 9.99. The van der Waals surface area contributed by atoms with Crippen molar-refractivity contribution >= 4 is 11.9 Å². The summed E-state index contributed by atoms with van der Waals surface area (Å²) >= 11 is 0. The molecular formula is C16H22O4. The van der Waals surface area contributed by atoms with Crippen molar-refractivity contribution in [2.24, 2.45) is 5.92 Å². The van der Waals surface area contributed by atoms with Crippen molar-refractivity contribution in [2.45, 2.75) is 46.6 Å². The third-order valence-electron chi connectivity index (χ3n) is 3.37. The third-order valence-corrected chi connectivity index (χ3v) is 3.37. The van der Waals surface area contributed by atoms with Crippen molar-refractivity contribution in [2.75, 3.05) is 0 Å². The highest BCUT2D eigenvalue weighted by Gasteiger charge is 2.23. The average Bonchev–Trinajstić information content (AvgIpc) is 2.42. The molecule has 1 rings (SSSR count). The van der Waals surface area contributed by atoms with E-state index in [0.29, 0.717) is 18.4 Å². The van der Waals surface area contributed by atoms with Gasteiger partial charge in [0.25, 0.3) is 0 Å². The molecule has 0 aliphatic heterocycles. The fourth-order valence-electron chi connectivity index (χ4n) is 2.21. The van der Waals surface area contributed by atoms with Crippen molar-refractivity contribution in [3.8, 4) is 0 Å². The average molecular weight is 278 g/mol. The highest BCUT2D eigenvalue weighted by Crippen LogP contribution is 2.19. The first-order valence-electron chi connectivity index (χ1n) is 6.98. The first kappa shape index (κ1) is 16.2. The zero-order valence-corrected chi connectivity index (χ0v) is 12.5. The number of esters is 1. The molecule has 0 aliphatic rings. The normalized spacial score (nSPS) is 12.2. The number of ether oxygens (including phenoxy) is 1. The molecule has 0 heterocycles. The van der Waals surface area contributed by atoms with Crippen LogP contribution in [-0.2, 0) is 11.2 Å². The molecule has 0 saturated carbocycles. The van der Waals surface area contributed by atoms with Gasteiger partial charge in [0.1, 0.15) is 6.10 Å². The highest BCUT2D eigenvalue weighted by molar-refractivity contribution is 6.03. The number of carboxylic acid groups (broad SMARTS) is 1. The number of aromatic carboxylic acids is 1. The number of rotatable bonds is 6. The van der Waals surface area contributed by atoms with E-state index in [0.717, 1.165) is 0 Å². The minimum atomic E-state index is -1.09. The maximum absolute atomic E-state index is 12.2. The molecule has 20 heavy (non-hydrogen) atoms. The van der Waals surface area contributed by atoms with E-state index in [-0.39, 0.29) is 23.1 Å². The lowest BCUT2D eigenvalue weighted by molar-refractivity contribution is 0.0169. The fraction of sp³-hybridized carbons (Fsp3) is 0.500. The van der Waals surface area contributed by atoms with Crippen molar-refractivity contribution < 1.29 is 19.4 Å². The molecule has 1 N–H and O–H groups in total. The number of hydrogen-bond acceptors (Lipinski definition) is 3. The molecule has 0 radical (unpaired) electrons. The van der Waals surface area contributed by atoms with Gasteiger partial charge in [-0.25, -0.2) is 9.59 Å². The molecule has 110 valence electrons. The molecule has 0 bridgehead atoms. The van der Waals surface area contributed by atoms with Gasteiger partial charge in [0, 0.05) is 0 Å². The molecule has 1 aromatic rings. The van der Waals surface area contributed by atoms with Gasteiger partial charge in [0.15, 0.2) is 0 Å². The zero-order chi connectivity index (χ0) is 15.3. The molecule has 1 aromatic carbocycles. The monoisotopic (exact) mass is 278 g/mol. The van der Waals surface area contributed by atoms with Crippen LogP contribution in [0.4, 0.5) is 0 Å². The predicted molar refractivity (Wildman–Crippen MR) is 77.1 cm³/mol. The molecule has 0 aromatic heterocycles. The topological polar surface area (TPSA) is 63.6 Å². The quantitative estimate of drug-likeness (QED) is 0.808. The summed E-state index contributed by atoms with van der Waals surface area (Å²) in [5.74, 6) is -1.45. The van der Waals surface area contributed by atoms with Gasteiger partial charge in [0.05, 0.1) is 11.1 Å². The summed E-state index contributed by atoms with van der Waals surface area (Å²) in [5.41, 5.74) is 0.833. The van der Waals surface area contributed by atoms with Crippen molar-refractivity contribution in [3.63, 3.8) is 0 Å². The number of carboxylic acids is 1. The number of aryl methyl sites for hydroxylation is 1. The molecule has 1 unspecified atom stereocenters. The van der Waals surface area contributed by atoms with Gasteiger partial charge in [-0.15, -0.1) is 0 Å². The third kappa shape index (κ3) is 3.59. The maximum Gasteiger partial charge on any atom is 0.339 e. The van der Waals surface area contributed by atoms with Crippen LogP contribution in [-0.4, -0.2) is 23.1 Å². The molecular weight excluding hydrogens is 256 g/mol. The van der Waals surface area contributed by atoms with Crippen LogP contribution in [0.1, 0.15) is 60.4 Å². The van der Waals surface area contributed by atoms with Crippen molar-refractivity contribution in [3.05, 3.63) is 34.9 Å². The van der Waals surface area contributed by atoms with Gasteiger partial charge in [-0.2, -0.15) is 0 Å². The molecule has 0 spiro atoms. The van der Waals surface area contributed by atoms with Gasteiger partial charge < -0.3 is 9.84 Å². The minimum Gasteiger partial charge on any atom is -0.478 e. The second-order valence-corrected chi connectivity index (χ2v) is 5.09. The Balaban J connectivity index is 3.13. The van der Waals surface area contributed by atoms with Crippen LogP contribution >= 0.6 is 0 Å². The zero-order valence-electron chi connectivity index (χ0n) is 12.5. The molecule has 0 aliphatic carbocycles. The van der Waals surface area contributed by atoms with Gasteiger partial charge >= 0.3 is 11.9 Å². The summed E-state index contributed by atoms with van der Waals surface area (Å²) in [5, 5.41) is 9.32. The molecule has 4 nitrogen and oxygen atoms in total. The summed E-state index contributed by atoms with van der Waals surface area (Å²) in [6, 6.07) is 4.93. The van der Waals surface area contributed by atoms with Gasteiger partial charge in [-0.1, -0.05) is 39.8 Å². The lowest BCUT2D eigenvalue weighted by Crippen LogP contribution is -2.24. The Hall–Kier alpha value is -1.84. The number of carbonyl (C=O) groups is 2. The predicted octanol–water partition coefficient (Wildman–Crippen LogP) is 3.54. The highest BCUT2D eigenvalue weighted by atomic mass is 16.5. The number of benzene rings is 1. The Morgan fingerprint density at radius 1 is 1.25 bits per heavy atom. The standard InChI is InChI=1S/C16H22O4/c1-5-11-8-7-9-12(14(11)15(17)18)16(19)20-13(6-2)10(3)4/h7-10,13H,5-6H2,1-4H3,(H,17,18). The van der Waals surface area contributed by atoms with Gasteiger partial charge in [0.2, 0.25) is 0 Å². The number of carbonyl (C=O) groups excluding carboxylic acids is 1. The molecule has 1 atom stereocenters. The SMILES string of the molecule is CCc1cccc(C(=O)OC(CC)C(C)C)c1C(=O)O. The van der Waals surface area contributed by atoms with E-state index in [9.17, 15) is 14.7 Å². The van der Waals surface area contributed by atoms with Gasteiger partial charge in [-0.05, 0) is 30.4 Å². The van der Waals surface area contributed by atoms with E-state index < -0.39 is 11.9 Å². The van der Waals surface area contributed by atoms with Crippen molar-refractivity contribution in [1.29, 1.82) is 0 Å². The Morgan fingerprint density at radius 3 is 2.35 bits per heavy atom. The van der Waals surface area contributed by atoms with Crippen LogP contribution in [0, 0.1) is 5.92 Å². The summed E-state index contributed by atoms with van der Waals surface area (Å²) in [7, 11) is 0. The van der Waals surface area contributed by atoms with Crippen LogP contribution in [0.5, 0.6) is 0 Å². The van der Waals surface area contributed by atoms with Crippen LogP contribution in [0.25, 0.3) is 0 Å².